The predicted octanol–water partition coefficient (Wildman–Crippen LogP) is 2.95. The van der Waals surface area contributed by atoms with Gasteiger partial charge in [-0.05, 0) is 25.0 Å². The van der Waals surface area contributed by atoms with Crippen molar-refractivity contribution < 1.29 is 28.3 Å². The van der Waals surface area contributed by atoms with Gasteiger partial charge < -0.3 is 24.5 Å². The Morgan fingerprint density at radius 2 is 1.80 bits per heavy atom. The van der Waals surface area contributed by atoms with Crippen LogP contribution >= 0.6 is 0 Å². The molecule has 0 saturated heterocycles. The molecule has 1 atom stereocenters. The Balaban J connectivity index is 1.66. The molecule has 1 aliphatic carbocycles. The minimum absolute atomic E-state index is 0.00799. The number of fused-ring (bicyclic) bond motifs is 5. The average Bonchev–Trinajstić information content (AvgIpc) is 3.43. The van der Waals surface area contributed by atoms with Crippen LogP contribution in [0.1, 0.15) is 30.7 Å². The number of nitrogens with zero attached hydrogens (tertiary/aromatic N) is 2. The highest BCUT2D eigenvalue weighted by Crippen LogP contribution is 2.57. The van der Waals surface area contributed by atoms with Crippen LogP contribution in [0.25, 0.3) is 11.3 Å². The minimum atomic E-state index is -1.66. The van der Waals surface area contributed by atoms with Crippen molar-refractivity contribution in [2.24, 2.45) is 0 Å². The van der Waals surface area contributed by atoms with Crippen LogP contribution in [-0.4, -0.2) is 40.9 Å². The van der Waals surface area contributed by atoms with Gasteiger partial charge in [0.25, 0.3) is 6.01 Å². The quantitative estimate of drug-likeness (QED) is 0.542. The predicted molar refractivity (Wildman–Crippen MR) is 124 cm³/mol. The van der Waals surface area contributed by atoms with Crippen LogP contribution in [0.4, 0.5) is 6.01 Å². The van der Waals surface area contributed by atoms with Crippen LogP contribution in [0.3, 0.4) is 0 Å². The zero-order valence-corrected chi connectivity index (χ0v) is 19.2. The standard InChI is InChI=1S/C26H23N3O6/c1-3-33-19(30)13-29-15(2)20(23(31)34-14-16-9-5-4-6-10-16)26(24(29)32)18-12-8-7-11-17(18)21-22(26)28-25(27)35-21/h4-12H,3,13-14H2,1-2H3,(H2,27,28). The Hall–Kier alpha value is -4.40. The number of nitrogen functional groups attached to an aromatic ring is 1. The maximum absolute atomic E-state index is 14.1. The Morgan fingerprint density at radius 3 is 2.54 bits per heavy atom. The van der Waals surface area contributed by atoms with Crippen LogP contribution in [-0.2, 0) is 35.9 Å². The molecule has 0 bridgehead atoms. The summed E-state index contributed by atoms with van der Waals surface area (Å²) in [5.41, 5.74) is 6.69. The fraction of sp³-hybridized carbons (Fsp3) is 0.231. The first-order valence-electron chi connectivity index (χ1n) is 11.2. The molecular weight excluding hydrogens is 450 g/mol. The number of oxazole rings is 1. The molecule has 1 spiro atoms. The van der Waals surface area contributed by atoms with Gasteiger partial charge in [0.05, 0.1) is 12.2 Å². The molecule has 1 amide bonds. The van der Waals surface area contributed by atoms with Crippen LogP contribution < -0.4 is 5.73 Å². The lowest BCUT2D eigenvalue weighted by Gasteiger charge is -2.26. The second-order valence-electron chi connectivity index (χ2n) is 8.24. The third kappa shape index (κ3) is 3.30. The Labute approximate surface area is 201 Å². The summed E-state index contributed by atoms with van der Waals surface area (Å²) in [5.74, 6) is -1.50. The number of carbonyl (C=O) groups is 3. The van der Waals surface area contributed by atoms with Gasteiger partial charge in [0.15, 0.2) is 11.2 Å². The molecule has 9 nitrogen and oxygen atoms in total. The number of esters is 2. The first-order chi connectivity index (χ1) is 16.9. The van der Waals surface area contributed by atoms with Crippen molar-refractivity contribution in [1.82, 2.24) is 9.88 Å². The number of allylic oxidation sites excluding steroid dienone is 1. The van der Waals surface area contributed by atoms with Gasteiger partial charge >= 0.3 is 11.9 Å². The summed E-state index contributed by atoms with van der Waals surface area (Å²) in [5, 5.41) is 0. The first-order valence-corrected chi connectivity index (χ1v) is 11.2. The summed E-state index contributed by atoms with van der Waals surface area (Å²) in [6.45, 7) is 3.09. The van der Waals surface area contributed by atoms with E-state index in [1.165, 1.54) is 4.90 Å². The number of hydrogen-bond donors (Lipinski definition) is 1. The van der Waals surface area contributed by atoms with Gasteiger partial charge in [-0.15, -0.1) is 0 Å². The summed E-state index contributed by atoms with van der Waals surface area (Å²) < 4.78 is 16.4. The molecule has 2 heterocycles. The smallest absolute Gasteiger partial charge is 0.337 e. The number of amides is 1. The van der Waals surface area contributed by atoms with Crippen LogP contribution in [0.2, 0.25) is 0 Å². The fourth-order valence-electron chi connectivity index (χ4n) is 4.87. The molecule has 178 valence electrons. The van der Waals surface area contributed by atoms with E-state index in [9.17, 15) is 14.4 Å². The summed E-state index contributed by atoms with van der Waals surface area (Å²) in [4.78, 5) is 45.7. The summed E-state index contributed by atoms with van der Waals surface area (Å²) in [6.07, 6.45) is 0. The molecule has 9 heteroatoms. The Bertz CT molecular complexity index is 1380. The van der Waals surface area contributed by atoms with E-state index < -0.39 is 23.3 Å². The number of benzene rings is 2. The van der Waals surface area contributed by atoms with E-state index in [1.807, 2.05) is 30.3 Å². The molecule has 0 fully saturated rings. The third-order valence-electron chi connectivity index (χ3n) is 6.29. The molecule has 2 N–H and O–H groups in total. The van der Waals surface area contributed by atoms with E-state index in [4.69, 9.17) is 19.6 Å². The van der Waals surface area contributed by atoms with Crippen LogP contribution in [0.15, 0.2) is 70.3 Å². The molecule has 2 aliphatic rings. The lowest BCUT2D eigenvalue weighted by atomic mass is 9.74. The summed E-state index contributed by atoms with van der Waals surface area (Å²) >= 11 is 0. The normalized spacial score (nSPS) is 18.1. The second kappa shape index (κ2) is 8.43. The maximum Gasteiger partial charge on any atom is 0.337 e. The Morgan fingerprint density at radius 1 is 1.09 bits per heavy atom. The van der Waals surface area contributed by atoms with Crippen LogP contribution in [0.5, 0.6) is 0 Å². The van der Waals surface area contributed by atoms with Gasteiger partial charge in [-0.25, -0.2) is 4.79 Å². The summed E-state index contributed by atoms with van der Waals surface area (Å²) in [7, 11) is 0. The third-order valence-corrected chi connectivity index (χ3v) is 6.29. The maximum atomic E-state index is 14.1. The van der Waals surface area contributed by atoms with Crippen LogP contribution in [0, 0.1) is 0 Å². The lowest BCUT2D eigenvalue weighted by molar-refractivity contribution is -0.148. The van der Waals surface area contributed by atoms with E-state index in [2.05, 4.69) is 4.98 Å². The molecule has 3 aromatic rings. The van der Waals surface area contributed by atoms with Gasteiger partial charge in [-0.3, -0.25) is 9.59 Å². The van der Waals surface area contributed by atoms with Gasteiger partial charge in [0, 0.05) is 11.3 Å². The highest BCUT2D eigenvalue weighted by Gasteiger charge is 2.63. The molecule has 0 saturated carbocycles. The number of rotatable bonds is 6. The lowest BCUT2D eigenvalue weighted by Crippen LogP contribution is -2.43. The molecule has 1 aliphatic heterocycles. The highest BCUT2D eigenvalue weighted by molar-refractivity contribution is 6.14. The molecular formula is C26H23N3O6. The molecule has 0 radical (unpaired) electrons. The SMILES string of the molecule is CCOC(=O)CN1C(=O)C2(C(C(=O)OCc3ccccc3)=C1C)c1ccccc1-c1oc(N)nc12. The highest BCUT2D eigenvalue weighted by atomic mass is 16.5. The van der Waals surface area contributed by atoms with Crippen molar-refractivity contribution in [3.63, 3.8) is 0 Å². The zero-order valence-electron chi connectivity index (χ0n) is 19.2. The molecule has 1 unspecified atom stereocenters. The number of aromatic nitrogens is 1. The van der Waals surface area contributed by atoms with E-state index >= 15 is 0 Å². The summed E-state index contributed by atoms with van der Waals surface area (Å²) in [6, 6.07) is 16.1. The number of anilines is 1. The number of hydrogen-bond acceptors (Lipinski definition) is 8. The van der Waals surface area contributed by atoms with Gasteiger partial charge in [-0.1, -0.05) is 54.6 Å². The van der Waals surface area contributed by atoms with Crippen molar-refractivity contribution in [3.8, 4) is 11.3 Å². The number of ether oxygens (including phenoxy) is 2. The van der Waals surface area contributed by atoms with Crippen molar-refractivity contribution >= 4 is 23.9 Å². The molecule has 35 heavy (non-hydrogen) atoms. The number of nitrogens with two attached hydrogens (primary N) is 1. The minimum Gasteiger partial charge on any atom is -0.465 e. The monoisotopic (exact) mass is 473 g/mol. The van der Waals surface area contributed by atoms with E-state index in [1.54, 1.807) is 38.1 Å². The second-order valence-corrected chi connectivity index (χ2v) is 8.24. The largest absolute Gasteiger partial charge is 0.465 e. The topological polar surface area (TPSA) is 125 Å². The molecule has 5 rings (SSSR count). The van der Waals surface area contributed by atoms with Gasteiger partial charge in [-0.2, -0.15) is 4.98 Å². The van der Waals surface area contributed by atoms with Crippen molar-refractivity contribution in [3.05, 3.63) is 82.7 Å². The van der Waals surface area contributed by atoms with Gasteiger partial charge in [0.1, 0.15) is 18.8 Å². The molecule has 1 aromatic heterocycles. The van der Waals surface area contributed by atoms with E-state index in [0.29, 0.717) is 16.9 Å². The first kappa shape index (κ1) is 22.4. The van der Waals surface area contributed by atoms with Crippen molar-refractivity contribution in [1.29, 1.82) is 0 Å². The van der Waals surface area contributed by atoms with E-state index in [-0.39, 0.29) is 42.7 Å². The van der Waals surface area contributed by atoms with Crippen molar-refractivity contribution in [2.45, 2.75) is 25.9 Å². The average molecular weight is 473 g/mol. The fourth-order valence-corrected chi connectivity index (χ4v) is 4.87. The van der Waals surface area contributed by atoms with E-state index in [0.717, 1.165) is 5.56 Å². The van der Waals surface area contributed by atoms with Gasteiger partial charge in [0.2, 0.25) is 5.91 Å². The Kier molecular flexibility index (Phi) is 5.39. The van der Waals surface area contributed by atoms with Crippen molar-refractivity contribution in [2.75, 3.05) is 18.9 Å². The molecule has 2 aromatic carbocycles. The number of carbonyl (C=O) groups excluding carboxylic acids is 3. The zero-order chi connectivity index (χ0) is 24.7.